The molecule has 0 radical (unpaired) electrons. The van der Waals surface area contributed by atoms with Crippen molar-refractivity contribution in [2.75, 3.05) is 18.0 Å². The molecule has 1 aliphatic rings. The molecule has 1 amide bonds. The highest BCUT2D eigenvalue weighted by Crippen LogP contribution is 2.21. The van der Waals surface area contributed by atoms with Crippen LogP contribution in [-0.2, 0) is 17.9 Å². The lowest BCUT2D eigenvalue weighted by Gasteiger charge is -2.16. The maximum absolute atomic E-state index is 11.8. The molecule has 0 aliphatic carbocycles. The third-order valence-corrected chi connectivity index (χ3v) is 4.67. The van der Waals surface area contributed by atoms with Gasteiger partial charge in [0, 0.05) is 31.7 Å². The third-order valence-electron chi connectivity index (χ3n) is 4.67. The van der Waals surface area contributed by atoms with Gasteiger partial charge in [-0.2, -0.15) is 0 Å². The van der Waals surface area contributed by atoms with E-state index in [4.69, 9.17) is 0 Å². The molecule has 0 saturated carbocycles. The summed E-state index contributed by atoms with van der Waals surface area (Å²) >= 11 is 0. The highest BCUT2D eigenvalue weighted by Gasteiger charge is 2.21. The molecule has 1 heterocycles. The topological polar surface area (TPSA) is 56.7 Å². The van der Waals surface area contributed by atoms with Gasteiger partial charge in [-0.25, -0.2) is 4.99 Å². The van der Waals surface area contributed by atoms with E-state index in [0.29, 0.717) is 13.0 Å². The number of carbonyl (C=O) groups is 1. The summed E-state index contributed by atoms with van der Waals surface area (Å²) in [6.45, 7) is 7.12. The number of hydrogen-bond donors (Lipinski definition) is 2. The van der Waals surface area contributed by atoms with Crippen LogP contribution >= 0.6 is 0 Å². The average Bonchev–Trinajstić information content (AvgIpc) is 3.11. The number of benzene rings is 2. The molecule has 2 aromatic rings. The van der Waals surface area contributed by atoms with Crippen LogP contribution in [0.15, 0.2) is 53.5 Å². The standard InChI is InChI=1S/C22H28N4O/c1-3-23-22(24-15-18-8-6-17(2)7-9-18)25-16-19-10-12-20(13-11-19)26-14-4-5-21(26)27/h6-13H,3-5,14-16H2,1-2H3,(H2,23,24,25). The molecule has 1 fully saturated rings. The van der Waals surface area contributed by atoms with Crippen LogP contribution in [0.1, 0.15) is 36.5 Å². The molecule has 1 saturated heterocycles. The van der Waals surface area contributed by atoms with Gasteiger partial charge in [0.1, 0.15) is 0 Å². The van der Waals surface area contributed by atoms with E-state index in [1.165, 1.54) is 11.1 Å². The van der Waals surface area contributed by atoms with Gasteiger partial charge in [-0.15, -0.1) is 0 Å². The number of anilines is 1. The van der Waals surface area contributed by atoms with Gasteiger partial charge in [-0.1, -0.05) is 42.0 Å². The number of amides is 1. The summed E-state index contributed by atoms with van der Waals surface area (Å²) < 4.78 is 0. The van der Waals surface area contributed by atoms with Gasteiger partial charge in [-0.3, -0.25) is 4.79 Å². The highest BCUT2D eigenvalue weighted by atomic mass is 16.2. The van der Waals surface area contributed by atoms with Crippen molar-refractivity contribution < 1.29 is 4.79 Å². The highest BCUT2D eigenvalue weighted by molar-refractivity contribution is 5.95. The molecule has 0 unspecified atom stereocenters. The first-order valence-electron chi connectivity index (χ1n) is 9.63. The Morgan fingerprint density at radius 2 is 1.74 bits per heavy atom. The fourth-order valence-corrected chi connectivity index (χ4v) is 3.11. The molecule has 0 spiro atoms. The van der Waals surface area contributed by atoms with Gasteiger partial charge in [0.15, 0.2) is 5.96 Å². The van der Waals surface area contributed by atoms with Crippen molar-refractivity contribution >= 4 is 17.6 Å². The van der Waals surface area contributed by atoms with Crippen molar-refractivity contribution in [1.82, 2.24) is 10.6 Å². The molecule has 27 heavy (non-hydrogen) atoms. The summed E-state index contributed by atoms with van der Waals surface area (Å²) in [5.41, 5.74) is 4.59. The lowest BCUT2D eigenvalue weighted by atomic mass is 10.1. The summed E-state index contributed by atoms with van der Waals surface area (Å²) in [5.74, 6) is 1.02. The van der Waals surface area contributed by atoms with Crippen molar-refractivity contribution in [1.29, 1.82) is 0 Å². The number of carbonyl (C=O) groups excluding carboxylic acids is 1. The second-order valence-electron chi connectivity index (χ2n) is 6.85. The maximum Gasteiger partial charge on any atom is 0.227 e. The quantitative estimate of drug-likeness (QED) is 0.610. The zero-order valence-corrected chi connectivity index (χ0v) is 16.2. The Hall–Kier alpha value is -2.82. The van der Waals surface area contributed by atoms with Gasteiger partial charge in [0.05, 0.1) is 6.54 Å². The predicted octanol–water partition coefficient (Wildman–Crippen LogP) is 3.38. The number of nitrogens with one attached hydrogen (secondary N) is 2. The minimum Gasteiger partial charge on any atom is -0.357 e. The molecule has 142 valence electrons. The summed E-state index contributed by atoms with van der Waals surface area (Å²) in [6, 6.07) is 16.6. The van der Waals surface area contributed by atoms with Gasteiger partial charge in [0.2, 0.25) is 5.91 Å². The van der Waals surface area contributed by atoms with E-state index in [2.05, 4.69) is 53.7 Å². The zero-order chi connectivity index (χ0) is 19.1. The summed E-state index contributed by atoms with van der Waals surface area (Å²) in [4.78, 5) is 18.4. The number of guanidine groups is 1. The molecule has 2 aromatic carbocycles. The van der Waals surface area contributed by atoms with E-state index in [9.17, 15) is 4.79 Å². The first-order valence-corrected chi connectivity index (χ1v) is 9.63. The largest absolute Gasteiger partial charge is 0.357 e. The summed E-state index contributed by atoms with van der Waals surface area (Å²) in [6.07, 6.45) is 1.61. The van der Waals surface area contributed by atoms with Crippen LogP contribution < -0.4 is 15.5 Å². The Morgan fingerprint density at radius 1 is 1.04 bits per heavy atom. The van der Waals surface area contributed by atoms with Crippen molar-refractivity contribution in [3.63, 3.8) is 0 Å². The monoisotopic (exact) mass is 364 g/mol. The summed E-state index contributed by atoms with van der Waals surface area (Å²) in [5, 5.41) is 6.66. The number of hydrogen-bond acceptors (Lipinski definition) is 2. The first-order chi connectivity index (χ1) is 13.2. The van der Waals surface area contributed by atoms with Crippen LogP contribution in [0, 0.1) is 6.92 Å². The predicted molar refractivity (Wildman–Crippen MR) is 111 cm³/mol. The third kappa shape index (κ3) is 5.33. The Morgan fingerprint density at radius 3 is 2.37 bits per heavy atom. The molecule has 0 aromatic heterocycles. The molecule has 2 N–H and O–H groups in total. The Balaban J connectivity index is 1.58. The normalized spacial score (nSPS) is 14.5. The molecule has 1 aliphatic heterocycles. The van der Waals surface area contributed by atoms with Crippen molar-refractivity contribution in [3.8, 4) is 0 Å². The lowest BCUT2D eigenvalue weighted by Crippen LogP contribution is -2.36. The fraction of sp³-hybridized carbons (Fsp3) is 0.364. The minimum absolute atomic E-state index is 0.218. The van der Waals surface area contributed by atoms with Crippen LogP contribution in [-0.4, -0.2) is 25.0 Å². The van der Waals surface area contributed by atoms with E-state index >= 15 is 0 Å². The molecule has 0 bridgehead atoms. The number of aryl methyl sites for hydroxylation is 1. The van der Waals surface area contributed by atoms with Crippen molar-refractivity contribution in [2.45, 2.75) is 39.8 Å². The summed E-state index contributed by atoms with van der Waals surface area (Å²) in [7, 11) is 0. The Kier molecular flexibility index (Phi) is 6.47. The van der Waals surface area contributed by atoms with E-state index in [0.717, 1.165) is 43.3 Å². The minimum atomic E-state index is 0.218. The first kappa shape index (κ1) is 19.0. The molecular weight excluding hydrogens is 336 g/mol. The van der Waals surface area contributed by atoms with Crippen LogP contribution in [0.5, 0.6) is 0 Å². The second kappa shape index (κ2) is 9.21. The SMILES string of the molecule is CCNC(=NCc1ccc(N2CCCC2=O)cc1)NCc1ccc(C)cc1. The molecular formula is C22H28N4O. The van der Waals surface area contributed by atoms with Crippen LogP contribution in [0.4, 0.5) is 5.69 Å². The average molecular weight is 364 g/mol. The van der Waals surface area contributed by atoms with Crippen molar-refractivity contribution in [2.24, 2.45) is 4.99 Å². The molecule has 5 nitrogen and oxygen atoms in total. The van der Waals surface area contributed by atoms with E-state index in [-0.39, 0.29) is 5.91 Å². The maximum atomic E-state index is 11.8. The second-order valence-corrected chi connectivity index (χ2v) is 6.85. The zero-order valence-electron chi connectivity index (χ0n) is 16.2. The lowest BCUT2D eigenvalue weighted by molar-refractivity contribution is -0.117. The number of aliphatic imine (C=N–C) groups is 1. The van der Waals surface area contributed by atoms with Gasteiger partial charge < -0.3 is 15.5 Å². The van der Waals surface area contributed by atoms with Gasteiger partial charge in [-0.05, 0) is 43.5 Å². The molecule has 5 heteroatoms. The number of rotatable bonds is 6. The molecule has 3 rings (SSSR count). The van der Waals surface area contributed by atoms with Crippen LogP contribution in [0.3, 0.4) is 0 Å². The molecule has 0 atom stereocenters. The van der Waals surface area contributed by atoms with Crippen molar-refractivity contribution in [3.05, 3.63) is 65.2 Å². The Labute approximate surface area is 161 Å². The van der Waals surface area contributed by atoms with E-state index in [1.807, 2.05) is 29.2 Å². The van der Waals surface area contributed by atoms with Crippen LogP contribution in [0.2, 0.25) is 0 Å². The fourth-order valence-electron chi connectivity index (χ4n) is 3.11. The van der Waals surface area contributed by atoms with E-state index < -0.39 is 0 Å². The Bertz CT molecular complexity index is 781. The van der Waals surface area contributed by atoms with Gasteiger partial charge >= 0.3 is 0 Å². The number of nitrogens with zero attached hydrogens (tertiary/aromatic N) is 2. The van der Waals surface area contributed by atoms with Gasteiger partial charge in [0.25, 0.3) is 0 Å². The smallest absolute Gasteiger partial charge is 0.227 e. The van der Waals surface area contributed by atoms with E-state index in [1.54, 1.807) is 0 Å². The van der Waals surface area contributed by atoms with Crippen LogP contribution in [0.25, 0.3) is 0 Å².